The first-order chi connectivity index (χ1) is 9.74. The topological polar surface area (TPSA) is 60.2 Å². The Morgan fingerprint density at radius 2 is 2.25 bits per heavy atom. The van der Waals surface area contributed by atoms with Gasteiger partial charge in [-0.05, 0) is 38.4 Å². The molecular weight excluding hydrogens is 254 g/mol. The molecule has 5 heteroatoms. The van der Waals surface area contributed by atoms with E-state index in [1.54, 1.807) is 0 Å². The van der Waals surface area contributed by atoms with Crippen molar-refractivity contribution in [3.63, 3.8) is 0 Å². The van der Waals surface area contributed by atoms with Gasteiger partial charge < -0.3 is 14.6 Å². The summed E-state index contributed by atoms with van der Waals surface area (Å²) >= 11 is 0. The quantitative estimate of drug-likeness (QED) is 0.927. The van der Waals surface area contributed by atoms with Crippen LogP contribution in [0.2, 0.25) is 0 Å². The Kier molecular flexibility index (Phi) is 3.69. The highest BCUT2D eigenvalue weighted by Gasteiger charge is 2.29. The lowest BCUT2D eigenvalue weighted by Gasteiger charge is -2.09. The molecular formula is C15H19N3O2. The maximum absolute atomic E-state index is 5.73. The number of hydrogen-bond acceptors (Lipinski definition) is 5. The number of hydrogen-bond donors (Lipinski definition) is 1. The van der Waals surface area contributed by atoms with Crippen LogP contribution in [0.4, 0.5) is 0 Å². The summed E-state index contributed by atoms with van der Waals surface area (Å²) in [4.78, 5) is 4.44. The summed E-state index contributed by atoms with van der Waals surface area (Å²) in [7, 11) is 0. The van der Waals surface area contributed by atoms with E-state index in [9.17, 15) is 0 Å². The molecule has 1 aromatic carbocycles. The van der Waals surface area contributed by atoms with Gasteiger partial charge in [0.15, 0.2) is 6.61 Å². The molecule has 2 atom stereocenters. The molecule has 106 valence electrons. The van der Waals surface area contributed by atoms with Crippen LogP contribution < -0.4 is 10.1 Å². The molecule has 5 nitrogen and oxygen atoms in total. The average molecular weight is 273 g/mol. The largest absolute Gasteiger partial charge is 0.485 e. The average Bonchev–Trinajstić information content (AvgIpc) is 3.06. The fourth-order valence-corrected chi connectivity index (χ4v) is 2.53. The third kappa shape index (κ3) is 2.67. The number of aromatic nitrogens is 2. The standard InChI is InChI=1S/C15H19N3O2/c1-10-5-3-4-6-13(10)19-9-14-17-15(20-18-14)12-7-8-16-11(12)2/h3-6,11-12,16H,7-9H2,1-2H3. The molecule has 2 aromatic rings. The van der Waals surface area contributed by atoms with Gasteiger partial charge in [-0.15, -0.1) is 0 Å². The molecule has 1 aromatic heterocycles. The summed E-state index contributed by atoms with van der Waals surface area (Å²) in [6, 6.07) is 8.29. The zero-order chi connectivity index (χ0) is 13.9. The van der Waals surface area contributed by atoms with Crippen molar-refractivity contribution in [2.45, 2.75) is 38.8 Å². The zero-order valence-corrected chi connectivity index (χ0v) is 11.8. The molecule has 1 aliphatic rings. The third-order valence-electron chi connectivity index (χ3n) is 3.78. The van der Waals surface area contributed by atoms with Crippen molar-refractivity contribution in [2.24, 2.45) is 0 Å². The van der Waals surface area contributed by atoms with Crippen LogP contribution in [0.15, 0.2) is 28.8 Å². The first-order valence-electron chi connectivity index (χ1n) is 6.98. The second-order valence-corrected chi connectivity index (χ2v) is 5.24. The van der Waals surface area contributed by atoms with Crippen LogP contribution in [0.5, 0.6) is 5.75 Å². The Morgan fingerprint density at radius 1 is 1.40 bits per heavy atom. The highest BCUT2D eigenvalue weighted by Crippen LogP contribution is 2.26. The highest BCUT2D eigenvalue weighted by molar-refractivity contribution is 5.31. The lowest BCUT2D eigenvalue weighted by molar-refractivity contribution is 0.281. The summed E-state index contributed by atoms with van der Waals surface area (Å²) < 4.78 is 11.1. The third-order valence-corrected chi connectivity index (χ3v) is 3.78. The van der Waals surface area contributed by atoms with Crippen LogP contribution in [0.3, 0.4) is 0 Å². The van der Waals surface area contributed by atoms with E-state index in [1.807, 2.05) is 31.2 Å². The number of rotatable bonds is 4. The molecule has 3 rings (SSSR count). The molecule has 0 saturated carbocycles. The summed E-state index contributed by atoms with van der Waals surface area (Å²) in [5.74, 6) is 2.48. The molecule has 1 N–H and O–H groups in total. The lowest BCUT2D eigenvalue weighted by atomic mass is 10.0. The van der Waals surface area contributed by atoms with Crippen molar-refractivity contribution in [3.05, 3.63) is 41.5 Å². The van der Waals surface area contributed by atoms with Crippen LogP contribution in [0, 0.1) is 6.92 Å². The van der Waals surface area contributed by atoms with Crippen molar-refractivity contribution in [2.75, 3.05) is 6.54 Å². The highest BCUT2D eigenvalue weighted by atomic mass is 16.5. The molecule has 2 unspecified atom stereocenters. The molecule has 0 bridgehead atoms. The van der Waals surface area contributed by atoms with Gasteiger partial charge in [0.05, 0.1) is 5.92 Å². The van der Waals surface area contributed by atoms with E-state index in [0.29, 0.717) is 30.3 Å². The van der Waals surface area contributed by atoms with E-state index in [2.05, 4.69) is 22.4 Å². The Labute approximate surface area is 118 Å². The minimum absolute atomic E-state index is 0.315. The molecule has 1 saturated heterocycles. The molecule has 0 radical (unpaired) electrons. The van der Waals surface area contributed by atoms with Crippen LogP contribution >= 0.6 is 0 Å². The smallest absolute Gasteiger partial charge is 0.231 e. The maximum Gasteiger partial charge on any atom is 0.231 e. The summed E-state index contributed by atoms with van der Waals surface area (Å²) in [6.45, 7) is 5.50. The van der Waals surface area contributed by atoms with E-state index in [4.69, 9.17) is 9.26 Å². The number of benzene rings is 1. The Balaban J connectivity index is 1.64. The van der Waals surface area contributed by atoms with E-state index in [0.717, 1.165) is 24.3 Å². The number of nitrogens with one attached hydrogen (secondary N) is 1. The Hall–Kier alpha value is -1.88. The van der Waals surface area contributed by atoms with Crippen molar-refractivity contribution in [1.29, 1.82) is 0 Å². The first-order valence-corrected chi connectivity index (χ1v) is 6.98. The van der Waals surface area contributed by atoms with Gasteiger partial charge in [-0.1, -0.05) is 23.4 Å². The Morgan fingerprint density at radius 3 is 3.00 bits per heavy atom. The minimum atomic E-state index is 0.315. The van der Waals surface area contributed by atoms with Gasteiger partial charge in [-0.3, -0.25) is 0 Å². The zero-order valence-electron chi connectivity index (χ0n) is 11.8. The van der Waals surface area contributed by atoms with Crippen molar-refractivity contribution in [3.8, 4) is 5.75 Å². The lowest BCUT2D eigenvalue weighted by Crippen LogP contribution is -2.21. The van der Waals surface area contributed by atoms with Gasteiger partial charge in [-0.25, -0.2) is 0 Å². The molecule has 0 amide bonds. The van der Waals surface area contributed by atoms with E-state index >= 15 is 0 Å². The van der Waals surface area contributed by atoms with Crippen LogP contribution in [0.1, 0.15) is 36.5 Å². The van der Waals surface area contributed by atoms with Gasteiger partial charge in [0.1, 0.15) is 5.75 Å². The molecule has 1 fully saturated rings. The normalized spacial score (nSPS) is 22.1. The minimum Gasteiger partial charge on any atom is -0.485 e. The van der Waals surface area contributed by atoms with Gasteiger partial charge in [-0.2, -0.15) is 4.98 Å². The van der Waals surface area contributed by atoms with Crippen LogP contribution in [0.25, 0.3) is 0 Å². The van der Waals surface area contributed by atoms with E-state index in [-0.39, 0.29) is 0 Å². The summed E-state index contributed by atoms with van der Waals surface area (Å²) in [6.07, 6.45) is 1.04. The van der Waals surface area contributed by atoms with Gasteiger partial charge in [0.2, 0.25) is 11.7 Å². The predicted octanol–water partition coefficient (Wildman–Crippen LogP) is 2.42. The number of aryl methyl sites for hydroxylation is 1. The monoisotopic (exact) mass is 273 g/mol. The molecule has 1 aliphatic heterocycles. The molecule has 20 heavy (non-hydrogen) atoms. The molecule has 0 aliphatic carbocycles. The fourth-order valence-electron chi connectivity index (χ4n) is 2.53. The van der Waals surface area contributed by atoms with Gasteiger partial charge >= 0.3 is 0 Å². The van der Waals surface area contributed by atoms with E-state index in [1.165, 1.54) is 0 Å². The number of nitrogens with zero attached hydrogens (tertiary/aromatic N) is 2. The maximum atomic E-state index is 5.73. The van der Waals surface area contributed by atoms with Gasteiger partial charge in [0, 0.05) is 6.04 Å². The molecule has 2 heterocycles. The van der Waals surface area contributed by atoms with Gasteiger partial charge in [0.25, 0.3) is 0 Å². The van der Waals surface area contributed by atoms with Crippen LogP contribution in [-0.2, 0) is 6.61 Å². The predicted molar refractivity (Wildman–Crippen MR) is 74.6 cm³/mol. The number of ether oxygens (including phenoxy) is 1. The second kappa shape index (κ2) is 5.63. The first kappa shape index (κ1) is 13.1. The van der Waals surface area contributed by atoms with E-state index < -0.39 is 0 Å². The second-order valence-electron chi connectivity index (χ2n) is 5.24. The van der Waals surface area contributed by atoms with Crippen LogP contribution in [-0.4, -0.2) is 22.7 Å². The fraction of sp³-hybridized carbons (Fsp3) is 0.467. The number of para-hydroxylation sites is 1. The molecule has 0 spiro atoms. The Bertz CT molecular complexity index is 582. The van der Waals surface area contributed by atoms with Crippen molar-refractivity contribution >= 4 is 0 Å². The van der Waals surface area contributed by atoms with Crippen molar-refractivity contribution < 1.29 is 9.26 Å². The SMILES string of the molecule is Cc1ccccc1OCc1noc(C2CCNC2C)n1. The summed E-state index contributed by atoms with van der Waals surface area (Å²) in [5.41, 5.74) is 1.10. The summed E-state index contributed by atoms with van der Waals surface area (Å²) in [5, 5.41) is 7.38. The van der Waals surface area contributed by atoms with Crippen molar-refractivity contribution in [1.82, 2.24) is 15.5 Å².